The van der Waals surface area contributed by atoms with Crippen molar-refractivity contribution in [1.82, 2.24) is 9.78 Å². The van der Waals surface area contributed by atoms with Gasteiger partial charge < -0.3 is 5.11 Å². The summed E-state index contributed by atoms with van der Waals surface area (Å²) in [6.45, 7) is 4.09. The zero-order valence-corrected chi connectivity index (χ0v) is 18.2. The topological polar surface area (TPSA) is 55.1 Å². The van der Waals surface area contributed by atoms with Gasteiger partial charge in [-0.05, 0) is 55.3 Å². The molecule has 0 radical (unpaired) electrons. The number of hydrogen-bond acceptors (Lipinski definition) is 2. The van der Waals surface area contributed by atoms with Gasteiger partial charge in [-0.15, -0.1) is 0 Å². The van der Waals surface area contributed by atoms with Gasteiger partial charge in [0.2, 0.25) is 0 Å². The lowest BCUT2D eigenvalue weighted by molar-refractivity contribution is -0.138. The molecule has 1 atom stereocenters. The number of halogens is 1. The molecule has 1 heterocycles. The maximum absolute atomic E-state index is 12.1. The van der Waals surface area contributed by atoms with Crippen LogP contribution in [0.15, 0.2) is 78.9 Å². The SMILES string of the molecule is Cc1ccc(-c2cc(CC(C(=O)O)c3cccc(Cl)c3)nn2-c2cccc(C)c2)cc1. The first kappa shape index (κ1) is 20.9. The van der Waals surface area contributed by atoms with Gasteiger partial charge in [0.05, 0.1) is 23.0 Å². The predicted octanol–water partition coefficient (Wildman–Crippen LogP) is 6.22. The molecule has 4 aromatic rings. The molecule has 1 unspecified atom stereocenters. The lowest BCUT2D eigenvalue weighted by atomic mass is 9.94. The fourth-order valence-corrected chi connectivity index (χ4v) is 3.90. The summed E-state index contributed by atoms with van der Waals surface area (Å²) in [5.41, 5.74) is 6.59. The second-order valence-electron chi connectivity index (χ2n) is 7.79. The number of hydrogen-bond donors (Lipinski definition) is 1. The smallest absolute Gasteiger partial charge is 0.311 e. The highest BCUT2D eigenvalue weighted by molar-refractivity contribution is 6.30. The number of aliphatic carboxylic acids is 1. The molecule has 0 spiro atoms. The molecule has 3 aromatic carbocycles. The Morgan fingerprint density at radius 1 is 0.968 bits per heavy atom. The molecule has 0 bridgehead atoms. The minimum absolute atomic E-state index is 0.271. The highest BCUT2D eigenvalue weighted by Gasteiger charge is 2.23. The minimum atomic E-state index is -0.899. The number of aryl methyl sites for hydroxylation is 2. The van der Waals surface area contributed by atoms with Crippen molar-refractivity contribution < 1.29 is 9.90 Å². The fraction of sp³-hybridized carbons (Fsp3) is 0.154. The third-order valence-electron chi connectivity index (χ3n) is 5.32. The molecular weight excluding hydrogens is 408 g/mol. The standard InChI is InChI=1S/C26H23ClN2O2/c1-17-9-11-19(12-10-17)25-16-22(28-29(25)23-8-3-5-18(2)13-23)15-24(26(30)31)20-6-4-7-21(27)14-20/h3-14,16,24H,15H2,1-2H3,(H,30,31). The lowest BCUT2D eigenvalue weighted by Gasteiger charge is -2.11. The van der Waals surface area contributed by atoms with Crippen LogP contribution in [0.2, 0.25) is 5.02 Å². The van der Waals surface area contributed by atoms with E-state index in [2.05, 4.69) is 37.3 Å². The van der Waals surface area contributed by atoms with Crippen LogP contribution in [0.3, 0.4) is 0 Å². The molecule has 4 rings (SSSR count). The molecule has 1 aromatic heterocycles. The van der Waals surface area contributed by atoms with Crippen LogP contribution >= 0.6 is 11.6 Å². The van der Waals surface area contributed by atoms with Gasteiger partial charge in [-0.1, -0.05) is 65.7 Å². The number of benzene rings is 3. The van der Waals surface area contributed by atoms with Gasteiger partial charge in [0.1, 0.15) is 0 Å². The van der Waals surface area contributed by atoms with E-state index in [1.807, 2.05) is 35.9 Å². The van der Waals surface area contributed by atoms with E-state index in [4.69, 9.17) is 16.7 Å². The number of aromatic nitrogens is 2. The van der Waals surface area contributed by atoms with E-state index in [0.717, 1.165) is 22.5 Å². The monoisotopic (exact) mass is 430 g/mol. The van der Waals surface area contributed by atoms with Crippen molar-refractivity contribution in [3.63, 3.8) is 0 Å². The molecule has 0 saturated carbocycles. The van der Waals surface area contributed by atoms with Crippen molar-refractivity contribution in [2.45, 2.75) is 26.2 Å². The molecule has 0 amide bonds. The fourth-order valence-electron chi connectivity index (χ4n) is 3.70. The normalized spacial score (nSPS) is 12.0. The molecule has 4 nitrogen and oxygen atoms in total. The maximum atomic E-state index is 12.1. The molecule has 0 fully saturated rings. The Balaban J connectivity index is 1.78. The number of carbonyl (C=O) groups is 1. The van der Waals surface area contributed by atoms with E-state index in [1.165, 1.54) is 5.56 Å². The summed E-state index contributed by atoms with van der Waals surface area (Å²) in [6, 6.07) is 25.4. The summed E-state index contributed by atoms with van der Waals surface area (Å²) < 4.78 is 1.89. The van der Waals surface area contributed by atoms with Crippen molar-refractivity contribution in [3.05, 3.63) is 106 Å². The first-order valence-corrected chi connectivity index (χ1v) is 10.5. The van der Waals surface area contributed by atoms with E-state index < -0.39 is 11.9 Å². The quantitative estimate of drug-likeness (QED) is 0.395. The van der Waals surface area contributed by atoms with Crippen molar-refractivity contribution in [2.24, 2.45) is 0 Å². The van der Waals surface area contributed by atoms with Crippen LogP contribution in [0, 0.1) is 13.8 Å². The summed E-state index contributed by atoms with van der Waals surface area (Å²) in [7, 11) is 0. The molecule has 0 saturated heterocycles. The zero-order valence-electron chi connectivity index (χ0n) is 17.4. The third-order valence-corrected chi connectivity index (χ3v) is 5.55. The van der Waals surface area contributed by atoms with Gasteiger partial charge in [-0.3, -0.25) is 4.79 Å². The minimum Gasteiger partial charge on any atom is -0.481 e. The van der Waals surface area contributed by atoms with Crippen LogP contribution in [-0.2, 0) is 11.2 Å². The summed E-state index contributed by atoms with van der Waals surface area (Å²) in [5, 5.41) is 15.2. The molecule has 5 heteroatoms. The first-order chi connectivity index (χ1) is 14.9. The molecular formula is C26H23ClN2O2. The van der Waals surface area contributed by atoms with Crippen molar-refractivity contribution in [1.29, 1.82) is 0 Å². The van der Waals surface area contributed by atoms with E-state index >= 15 is 0 Å². The molecule has 156 valence electrons. The lowest BCUT2D eigenvalue weighted by Crippen LogP contribution is -2.15. The molecule has 0 aliphatic carbocycles. The second-order valence-corrected chi connectivity index (χ2v) is 8.22. The van der Waals surface area contributed by atoms with Crippen molar-refractivity contribution in [3.8, 4) is 16.9 Å². The molecule has 1 N–H and O–H groups in total. The second kappa shape index (κ2) is 8.78. The molecule has 0 aliphatic rings. The largest absolute Gasteiger partial charge is 0.481 e. The Morgan fingerprint density at radius 3 is 2.39 bits per heavy atom. The van der Waals surface area contributed by atoms with Gasteiger partial charge in [0, 0.05) is 17.0 Å². The Hall–Kier alpha value is -3.37. The van der Waals surface area contributed by atoms with E-state index in [9.17, 15) is 9.90 Å². The van der Waals surface area contributed by atoms with Crippen LogP contribution in [0.4, 0.5) is 0 Å². The van der Waals surface area contributed by atoms with Crippen molar-refractivity contribution >= 4 is 17.6 Å². The van der Waals surface area contributed by atoms with Gasteiger partial charge in [0.25, 0.3) is 0 Å². The predicted molar refractivity (Wildman–Crippen MR) is 124 cm³/mol. The summed E-state index contributed by atoms with van der Waals surface area (Å²) in [6.07, 6.45) is 0.271. The van der Waals surface area contributed by atoms with E-state index in [1.54, 1.807) is 24.3 Å². The average molecular weight is 431 g/mol. The summed E-state index contributed by atoms with van der Waals surface area (Å²) in [4.78, 5) is 12.1. The van der Waals surface area contributed by atoms with Crippen LogP contribution < -0.4 is 0 Å². The van der Waals surface area contributed by atoms with Gasteiger partial charge in [-0.25, -0.2) is 4.68 Å². The Bertz CT molecular complexity index is 1230. The van der Waals surface area contributed by atoms with Crippen molar-refractivity contribution in [2.75, 3.05) is 0 Å². The highest BCUT2D eigenvalue weighted by Crippen LogP contribution is 2.29. The van der Waals surface area contributed by atoms with Crippen LogP contribution in [0.5, 0.6) is 0 Å². The van der Waals surface area contributed by atoms with Gasteiger partial charge in [-0.2, -0.15) is 5.10 Å². The van der Waals surface area contributed by atoms with E-state index in [-0.39, 0.29) is 6.42 Å². The summed E-state index contributed by atoms with van der Waals surface area (Å²) >= 11 is 6.10. The van der Waals surface area contributed by atoms with Crippen LogP contribution in [0.25, 0.3) is 16.9 Å². The van der Waals surface area contributed by atoms with E-state index in [0.29, 0.717) is 16.3 Å². The van der Waals surface area contributed by atoms with Gasteiger partial charge in [0.15, 0.2) is 0 Å². The third kappa shape index (κ3) is 4.70. The zero-order chi connectivity index (χ0) is 22.0. The first-order valence-electron chi connectivity index (χ1n) is 10.1. The Labute approximate surface area is 186 Å². The van der Waals surface area contributed by atoms with Crippen LogP contribution in [-0.4, -0.2) is 20.9 Å². The number of rotatable bonds is 6. The average Bonchev–Trinajstić information content (AvgIpc) is 3.16. The summed E-state index contributed by atoms with van der Waals surface area (Å²) in [5.74, 6) is -1.63. The van der Waals surface area contributed by atoms with Crippen LogP contribution in [0.1, 0.15) is 28.3 Å². The molecule has 31 heavy (non-hydrogen) atoms. The number of carboxylic acids is 1. The Morgan fingerprint density at radius 2 is 1.71 bits per heavy atom. The number of nitrogens with zero attached hydrogens (tertiary/aromatic N) is 2. The Kier molecular flexibility index (Phi) is 5.92. The molecule has 0 aliphatic heterocycles. The number of carboxylic acid groups (broad SMARTS) is 1. The highest BCUT2D eigenvalue weighted by atomic mass is 35.5. The van der Waals surface area contributed by atoms with Gasteiger partial charge >= 0.3 is 5.97 Å². The maximum Gasteiger partial charge on any atom is 0.311 e.